The number of allylic oxidation sites excluding steroid dienone is 2. The third kappa shape index (κ3) is 2.53. The standard InChI is InChI=1S/C17H24N2O2/c1-2-17(9-4-3-5-10-17)19-11-6-7-14-13-18(16(20)21)12-8-15(14)19/h2-5,9,14-15H,1,6-8,10-13H2,(H,20,21). The molecule has 2 heterocycles. The summed E-state index contributed by atoms with van der Waals surface area (Å²) in [6.07, 6.45) is 14.1. The molecule has 2 aliphatic heterocycles. The number of carboxylic acid groups (broad SMARTS) is 1. The lowest BCUT2D eigenvalue weighted by molar-refractivity contribution is -0.00870. The highest BCUT2D eigenvalue weighted by Gasteiger charge is 2.44. The average Bonchev–Trinajstić information content (AvgIpc) is 2.54. The summed E-state index contributed by atoms with van der Waals surface area (Å²) in [5.74, 6) is 0.458. The summed E-state index contributed by atoms with van der Waals surface area (Å²) in [4.78, 5) is 15.4. The minimum atomic E-state index is -0.774. The van der Waals surface area contributed by atoms with Gasteiger partial charge in [-0.2, -0.15) is 0 Å². The summed E-state index contributed by atoms with van der Waals surface area (Å²) in [5, 5.41) is 9.22. The summed E-state index contributed by atoms with van der Waals surface area (Å²) < 4.78 is 0. The molecule has 1 aliphatic carbocycles. The summed E-state index contributed by atoms with van der Waals surface area (Å²) in [6.45, 7) is 6.50. The van der Waals surface area contributed by atoms with Gasteiger partial charge in [0.2, 0.25) is 0 Å². The zero-order valence-corrected chi connectivity index (χ0v) is 12.4. The fourth-order valence-electron chi connectivity index (χ4n) is 4.20. The van der Waals surface area contributed by atoms with Crippen LogP contribution in [0.1, 0.15) is 25.7 Å². The van der Waals surface area contributed by atoms with Gasteiger partial charge >= 0.3 is 6.09 Å². The lowest BCUT2D eigenvalue weighted by Crippen LogP contribution is -2.61. The second-order valence-corrected chi connectivity index (χ2v) is 6.37. The van der Waals surface area contributed by atoms with Gasteiger partial charge in [0.05, 0.1) is 5.54 Å². The largest absolute Gasteiger partial charge is 0.465 e. The second-order valence-electron chi connectivity index (χ2n) is 6.37. The highest BCUT2D eigenvalue weighted by atomic mass is 16.4. The Morgan fingerprint density at radius 2 is 2.19 bits per heavy atom. The molecule has 0 bridgehead atoms. The van der Waals surface area contributed by atoms with Gasteiger partial charge in [0.1, 0.15) is 0 Å². The van der Waals surface area contributed by atoms with E-state index in [0.29, 0.717) is 25.0 Å². The molecule has 0 aromatic carbocycles. The molecule has 3 atom stereocenters. The molecule has 3 aliphatic rings. The number of amides is 1. The van der Waals surface area contributed by atoms with Crippen LogP contribution in [0.2, 0.25) is 0 Å². The molecule has 2 fully saturated rings. The van der Waals surface area contributed by atoms with Crippen molar-refractivity contribution < 1.29 is 9.90 Å². The third-order valence-corrected chi connectivity index (χ3v) is 5.30. The number of fused-ring (bicyclic) bond motifs is 1. The Bertz CT molecular complexity index is 485. The Labute approximate surface area is 126 Å². The van der Waals surface area contributed by atoms with Crippen molar-refractivity contribution in [3.63, 3.8) is 0 Å². The van der Waals surface area contributed by atoms with Gasteiger partial charge < -0.3 is 10.0 Å². The maximum atomic E-state index is 11.2. The maximum absolute atomic E-state index is 11.2. The van der Waals surface area contributed by atoms with Crippen molar-refractivity contribution >= 4 is 6.09 Å². The number of piperidine rings is 2. The van der Waals surface area contributed by atoms with Crippen LogP contribution in [0.5, 0.6) is 0 Å². The SMILES string of the molecule is C=CC1(N2CCCC3CN(C(=O)O)CCC32)C=CC=CC1. The minimum absolute atomic E-state index is 0.0799. The predicted octanol–water partition coefficient (Wildman–Crippen LogP) is 2.89. The van der Waals surface area contributed by atoms with E-state index in [1.165, 1.54) is 0 Å². The zero-order chi connectivity index (χ0) is 14.9. The number of hydrogen-bond donors (Lipinski definition) is 1. The molecule has 0 spiro atoms. The molecule has 1 N–H and O–H groups in total. The van der Waals surface area contributed by atoms with Crippen LogP contribution in [-0.2, 0) is 0 Å². The third-order valence-electron chi connectivity index (χ3n) is 5.30. The minimum Gasteiger partial charge on any atom is -0.465 e. The van der Waals surface area contributed by atoms with Gasteiger partial charge in [-0.1, -0.05) is 30.4 Å². The normalized spacial score (nSPS) is 36.3. The molecular weight excluding hydrogens is 264 g/mol. The first kappa shape index (κ1) is 14.4. The highest BCUT2D eigenvalue weighted by molar-refractivity contribution is 5.65. The molecule has 2 saturated heterocycles. The predicted molar refractivity (Wildman–Crippen MR) is 83.3 cm³/mol. The lowest BCUT2D eigenvalue weighted by atomic mass is 9.78. The Balaban J connectivity index is 1.81. The highest BCUT2D eigenvalue weighted by Crippen LogP contribution is 2.38. The van der Waals surface area contributed by atoms with E-state index in [-0.39, 0.29) is 5.54 Å². The van der Waals surface area contributed by atoms with Gasteiger partial charge in [-0.25, -0.2) is 4.79 Å². The number of hydrogen-bond acceptors (Lipinski definition) is 2. The van der Waals surface area contributed by atoms with Crippen molar-refractivity contribution in [2.24, 2.45) is 5.92 Å². The quantitative estimate of drug-likeness (QED) is 0.795. The van der Waals surface area contributed by atoms with Crippen LogP contribution >= 0.6 is 0 Å². The van der Waals surface area contributed by atoms with Crippen molar-refractivity contribution in [3.05, 3.63) is 37.0 Å². The summed E-state index contributed by atoms with van der Waals surface area (Å²) >= 11 is 0. The number of likely N-dealkylation sites (tertiary alicyclic amines) is 2. The van der Waals surface area contributed by atoms with E-state index >= 15 is 0 Å². The molecular formula is C17H24N2O2. The maximum Gasteiger partial charge on any atom is 0.407 e. The Morgan fingerprint density at radius 1 is 1.33 bits per heavy atom. The van der Waals surface area contributed by atoms with E-state index in [9.17, 15) is 9.90 Å². The molecule has 114 valence electrons. The molecule has 0 radical (unpaired) electrons. The molecule has 0 aromatic heterocycles. The van der Waals surface area contributed by atoms with Crippen molar-refractivity contribution in [2.45, 2.75) is 37.3 Å². The fraction of sp³-hybridized carbons (Fsp3) is 0.588. The topological polar surface area (TPSA) is 43.8 Å². The summed E-state index contributed by atoms with van der Waals surface area (Å²) in [6, 6.07) is 0.475. The van der Waals surface area contributed by atoms with Crippen LogP contribution in [0.15, 0.2) is 37.0 Å². The molecule has 1 amide bonds. The van der Waals surface area contributed by atoms with Crippen LogP contribution < -0.4 is 0 Å². The van der Waals surface area contributed by atoms with E-state index < -0.39 is 6.09 Å². The average molecular weight is 288 g/mol. The molecule has 3 rings (SSSR count). The van der Waals surface area contributed by atoms with Crippen molar-refractivity contribution in [1.29, 1.82) is 0 Å². The molecule has 0 aromatic rings. The Kier molecular flexibility index (Phi) is 3.89. The first-order valence-corrected chi connectivity index (χ1v) is 7.89. The number of nitrogens with zero attached hydrogens (tertiary/aromatic N) is 2. The van der Waals surface area contributed by atoms with Crippen molar-refractivity contribution in [1.82, 2.24) is 9.80 Å². The monoisotopic (exact) mass is 288 g/mol. The lowest BCUT2D eigenvalue weighted by Gasteiger charge is -2.53. The fourth-order valence-corrected chi connectivity index (χ4v) is 4.20. The van der Waals surface area contributed by atoms with Crippen LogP contribution in [0.3, 0.4) is 0 Å². The van der Waals surface area contributed by atoms with Gasteiger partial charge in [-0.05, 0) is 38.1 Å². The molecule has 4 nitrogen and oxygen atoms in total. The Hall–Kier alpha value is -1.55. The number of carbonyl (C=O) groups is 1. The van der Waals surface area contributed by atoms with Crippen LogP contribution in [0.25, 0.3) is 0 Å². The van der Waals surface area contributed by atoms with E-state index in [4.69, 9.17) is 0 Å². The van der Waals surface area contributed by atoms with E-state index in [2.05, 4.69) is 41.9 Å². The molecule has 3 unspecified atom stereocenters. The van der Waals surface area contributed by atoms with Crippen LogP contribution in [0.4, 0.5) is 4.79 Å². The first-order chi connectivity index (χ1) is 10.2. The summed E-state index contributed by atoms with van der Waals surface area (Å²) in [7, 11) is 0. The summed E-state index contributed by atoms with van der Waals surface area (Å²) in [5.41, 5.74) is -0.0799. The Morgan fingerprint density at radius 3 is 2.86 bits per heavy atom. The van der Waals surface area contributed by atoms with Crippen molar-refractivity contribution in [3.8, 4) is 0 Å². The van der Waals surface area contributed by atoms with Crippen molar-refractivity contribution in [2.75, 3.05) is 19.6 Å². The van der Waals surface area contributed by atoms with E-state index in [1.807, 2.05) is 0 Å². The van der Waals surface area contributed by atoms with Gasteiger partial charge in [-0.3, -0.25) is 4.90 Å². The van der Waals surface area contributed by atoms with Gasteiger partial charge in [0.15, 0.2) is 0 Å². The molecule has 21 heavy (non-hydrogen) atoms. The van der Waals surface area contributed by atoms with Gasteiger partial charge in [0, 0.05) is 19.1 Å². The zero-order valence-electron chi connectivity index (χ0n) is 12.4. The van der Waals surface area contributed by atoms with E-state index in [1.54, 1.807) is 4.90 Å². The van der Waals surface area contributed by atoms with Crippen LogP contribution in [0, 0.1) is 5.92 Å². The van der Waals surface area contributed by atoms with Crippen LogP contribution in [-0.4, -0.2) is 52.2 Å². The van der Waals surface area contributed by atoms with Gasteiger partial charge in [-0.15, -0.1) is 6.58 Å². The smallest absolute Gasteiger partial charge is 0.407 e. The number of rotatable bonds is 2. The second kappa shape index (κ2) is 5.68. The van der Waals surface area contributed by atoms with Gasteiger partial charge in [0.25, 0.3) is 0 Å². The van der Waals surface area contributed by atoms with E-state index in [0.717, 1.165) is 32.2 Å². The molecule has 0 saturated carbocycles. The molecule has 4 heteroatoms. The first-order valence-electron chi connectivity index (χ1n) is 7.89.